The summed E-state index contributed by atoms with van der Waals surface area (Å²) in [5.74, 6) is 0.883. The van der Waals surface area contributed by atoms with E-state index in [1.807, 2.05) is 0 Å². The fourth-order valence-corrected chi connectivity index (χ4v) is 12.5. The zero-order valence-corrected chi connectivity index (χ0v) is 43.3. The fraction of sp³-hybridized carbons (Fsp3) is 0.206. The highest BCUT2D eigenvalue weighted by Crippen LogP contribution is 2.54. The van der Waals surface area contributed by atoms with Gasteiger partial charge in [-0.1, -0.05) is 166 Å². The van der Waals surface area contributed by atoms with Crippen LogP contribution in [0.3, 0.4) is 0 Å². The number of benzene rings is 9. The average molecular weight is 935 g/mol. The van der Waals surface area contributed by atoms with Crippen LogP contribution in [-0.4, -0.2) is 8.80 Å². The lowest BCUT2D eigenvalue weighted by molar-refractivity contribution is 0.596. The van der Waals surface area contributed by atoms with Crippen LogP contribution in [0.5, 0.6) is 0 Å². The van der Waals surface area contributed by atoms with Crippen LogP contribution in [0.15, 0.2) is 182 Å². The molecule has 0 radical (unpaired) electrons. The highest BCUT2D eigenvalue weighted by molar-refractivity contribution is 6.31. The molecule has 0 amide bonds. The quantitative estimate of drug-likeness (QED) is 0.151. The fourth-order valence-electron chi connectivity index (χ4n) is 12.5. The number of aromatic nitrogens is 2. The summed E-state index contributed by atoms with van der Waals surface area (Å²) < 4.78 is 5.19. The van der Waals surface area contributed by atoms with Crippen molar-refractivity contribution in [1.29, 1.82) is 0 Å². The van der Waals surface area contributed by atoms with Gasteiger partial charge in [0, 0.05) is 65.8 Å². The summed E-state index contributed by atoms with van der Waals surface area (Å²) in [6.07, 6.45) is 0. The van der Waals surface area contributed by atoms with Crippen molar-refractivity contribution in [3.05, 3.63) is 204 Å². The lowest BCUT2D eigenvalue weighted by Crippen LogP contribution is -2.19. The summed E-state index contributed by atoms with van der Waals surface area (Å²) in [6.45, 7) is 23.4. The summed E-state index contributed by atoms with van der Waals surface area (Å²) in [6, 6.07) is 68.9. The Morgan fingerprint density at radius 1 is 0.333 bits per heavy atom. The van der Waals surface area contributed by atoms with Crippen molar-refractivity contribution in [2.45, 2.75) is 91.9 Å². The van der Waals surface area contributed by atoms with E-state index in [2.05, 4.69) is 270 Å². The second-order valence-electron chi connectivity index (χ2n) is 23.0. The highest BCUT2D eigenvalue weighted by atomic mass is 15.2. The maximum atomic E-state index is 2.60. The van der Waals surface area contributed by atoms with Crippen molar-refractivity contribution in [3.8, 4) is 0 Å². The van der Waals surface area contributed by atoms with Crippen molar-refractivity contribution in [2.24, 2.45) is 0 Å². The Labute approximate surface area is 423 Å². The topological polar surface area (TPSA) is 15.3 Å². The molecule has 0 atom stereocenters. The molecule has 0 N–H and O–H groups in total. The SMILES string of the molecule is CC(C)c1ccc(N(c2ccccc2)c2cc3c4cc5c(cc4n4c6ccccc6c(c2C(C)(C)C)c34)c2cc(N(c3ccccc3)c3ccc(C(C)C)cc3)c(C(C)(C)C)c3c4ccccc4n5c23)cc1. The molecule has 4 heteroatoms. The van der Waals surface area contributed by atoms with Gasteiger partial charge in [0.05, 0.1) is 44.5 Å². The van der Waals surface area contributed by atoms with Gasteiger partial charge in [-0.05, 0) is 130 Å². The number of hydrogen-bond acceptors (Lipinski definition) is 2. The summed E-state index contributed by atoms with van der Waals surface area (Å²) in [5.41, 5.74) is 19.5. The smallest absolute Gasteiger partial charge is 0.0625 e. The van der Waals surface area contributed by atoms with Crippen LogP contribution in [-0.2, 0) is 10.8 Å². The minimum atomic E-state index is -0.209. The highest BCUT2D eigenvalue weighted by Gasteiger charge is 2.34. The third kappa shape index (κ3) is 6.43. The zero-order valence-electron chi connectivity index (χ0n) is 43.3. The van der Waals surface area contributed by atoms with Gasteiger partial charge in [0.25, 0.3) is 0 Å². The van der Waals surface area contributed by atoms with E-state index in [9.17, 15) is 0 Å². The van der Waals surface area contributed by atoms with E-state index in [0.717, 1.165) is 22.7 Å². The molecule has 0 aliphatic rings. The Morgan fingerprint density at radius 2 is 0.667 bits per heavy atom. The minimum absolute atomic E-state index is 0.209. The van der Waals surface area contributed by atoms with Gasteiger partial charge < -0.3 is 18.6 Å². The molecule has 0 saturated heterocycles. The standard InChI is InChI=1S/C68H62N4/c1-41(2)43-29-33-47(34-30-43)69(45-21-13-11-14-22-45)59-39-53-51-37-58-52(38-57(51)71-55-27-19-17-25-49(55)61(65(53)71)63(59)67(5,6)7)54-40-60(64(68(8,9)10)62-50-26-18-20-28-56(50)72(58)66(54)62)70(46-23-15-12-16-24-46)48-35-31-44(32-36-48)42(3)4/h11-42H,1-10H3. The predicted octanol–water partition coefficient (Wildman–Crippen LogP) is 19.8. The largest absolute Gasteiger partial charge is 0.310 e. The molecule has 72 heavy (non-hydrogen) atoms. The molecule has 4 heterocycles. The molecule has 354 valence electrons. The number of hydrogen-bond donors (Lipinski definition) is 0. The van der Waals surface area contributed by atoms with E-state index < -0.39 is 0 Å². The van der Waals surface area contributed by atoms with Gasteiger partial charge in [-0.25, -0.2) is 0 Å². The van der Waals surface area contributed by atoms with E-state index >= 15 is 0 Å². The van der Waals surface area contributed by atoms with E-state index in [0.29, 0.717) is 11.8 Å². The first-order valence-corrected chi connectivity index (χ1v) is 26.0. The Bertz CT molecular complexity index is 3920. The van der Waals surface area contributed by atoms with Crippen molar-refractivity contribution >= 4 is 110 Å². The molecule has 13 aromatic rings. The first-order valence-electron chi connectivity index (χ1n) is 26.0. The van der Waals surface area contributed by atoms with Crippen LogP contribution in [0, 0.1) is 0 Å². The maximum Gasteiger partial charge on any atom is 0.0625 e. The van der Waals surface area contributed by atoms with Crippen LogP contribution in [0.2, 0.25) is 0 Å². The molecule has 9 aromatic carbocycles. The number of rotatable bonds is 8. The summed E-state index contributed by atoms with van der Waals surface area (Å²) >= 11 is 0. The van der Waals surface area contributed by atoms with Crippen molar-refractivity contribution in [3.63, 3.8) is 0 Å². The minimum Gasteiger partial charge on any atom is -0.310 e. The predicted molar refractivity (Wildman–Crippen MR) is 311 cm³/mol. The second kappa shape index (κ2) is 15.8. The molecule has 0 saturated carbocycles. The molecular formula is C68H62N4. The van der Waals surface area contributed by atoms with Crippen molar-refractivity contribution in [2.75, 3.05) is 9.80 Å². The van der Waals surface area contributed by atoms with Gasteiger partial charge >= 0.3 is 0 Å². The molecule has 0 bridgehead atoms. The first-order chi connectivity index (χ1) is 34.7. The molecule has 4 aromatic heterocycles. The van der Waals surface area contributed by atoms with Crippen molar-refractivity contribution in [1.82, 2.24) is 8.80 Å². The molecule has 0 spiro atoms. The second-order valence-corrected chi connectivity index (χ2v) is 23.0. The molecule has 13 rings (SSSR count). The van der Waals surface area contributed by atoms with Gasteiger partial charge in [-0.2, -0.15) is 0 Å². The number of para-hydroxylation sites is 4. The lowest BCUT2D eigenvalue weighted by atomic mass is 9.81. The first kappa shape index (κ1) is 44.1. The van der Waals surface area contributed by atoms with Gasteiger partial charge in [-0.15, -0.1) is 0 Å². The molecule has 0 aliphatic heterocycles. The third-order valence-electron chi connectivity index (χ3n) is 15.7. The van der Waals surface area contributed by atoms with Crippen LogP contribution >= 0.6 is 0 Å². The van der Waals surface area contributed by atoms with Crippen LogP contribution in [0.25, 0.3) is 76.2 Å². The van der Waals surface area contributed by atoms with Gasteiger partial charge in [0.2, 0.25) is 0 Å². The molecular weight excluding hydrogens is 873 g/mol. The summed E-state index contributed by atoms with van der Waals surface area (Å²) in [5, 5.41) is 10.3. The van der Waals surface area contributed by atoms with E-state index in [-0.39, 0.29) is 10.8 Å². The van der Waals surface area contributed by atoms with Gasteiger partial charge in [0.15, 0.2) is 0 Å². The van der Waals surface area contributed by atoms with Crippen LogP contribution in [0.1, 0.15) is 103 Å². The third-order valence-corrected chi connectivity index (χ3v) is 15.7. The van der Waals surface area contributed by atoms with E-state index in [1.54, 1.807) is 0 Å². The normalized spacial score (nSPS) is 12.8. The molecule has 0 fully saturated rings. The Balaban J connectivity index is 1.19. The Hall–Kier alpha value is -7.82. The Morgan fingerprint density at radius 3 is 1.01 bits per heavy atom. The van der Waals surface area contributed by atoms with Crippen LogP contribution < -0.4 is 9.80 Å². The van der Waals surface area contributed by atoms with Gasteiger partial charge in [-0.3, -0.25) is 0 Å². The summed E-state index contributed by atoms with van der Waals surface area (Å²) in [4.78, 5) is 5.03. The van der Waals surface area contributed by atoms with E-state index in [4.69, 9.17) is 0 Å². The molecule has 0 unspecified atom stereocenters. The molecule has 0 aliphatic carbocycles. The van der Waals surface area contributed by atoms with Gasteiger partial charge in [0.1, 0.15) is 0 Å². The lowest BCUT2D eigenvalue weighted by Gasteiger charge is -2.33. The maximum absolute atomic E-state index is 2.60. The summed E-state index contributed by atoms with van der Waals surface area (Å²) in [7, 11) is 0. The monoisotopic (exact) mass is 934 g/mol. The van der Waals surface area contributed by atoms with Crippen LogP contribution in [0.4, 0.5) is 34.1 Å². The zero-order chi connectivity index (χ0) is 49.5. The van der Waals surface area contributed by atoms with Crippen molar-refractivity contribution < 1.29 is 0 Å². The Kier molecular flexibility index (Phi) is 9.71. The average Bonchev–Trinajstić information content (AvgIpc) is 4.09. The number of nitrogens with zero attached hydrogens (tertiary/aromatic N) is 4. The number of fused-ring (bicyclic) bond motifs is 12. The number of anilines is 6. The molecule has 4 nitrogen and oxygen atoms in total. The van der Waals surface area contributed by atoms with E-state index in [1.165, 1.54) is 110 Å².